The van der Waals surface area contributed by atoms with Gasteiger partial charge in [0.15, 0.2) is 0 Å². The second-order valence-electron chi connectivity index (χ2n) is 8.50. The van der Waals surface area contributed by atoms with Crippen LogP contribution in [-0.2, 0) is 9.53 Å². The Morgan fingerprint density at radius 2 is 1.77 bits per heavy atom. The molecular formula is C31H66N6O3. The van der Waals surface area contributed by atoms with Crippen LogP contribution in [0.25, 0.3) is 0 Å². The Balaban J connectivity index is -0.000000227. The lowest BCUT2D eigenvalue weighted by Gasteiger charge is -2.21. The standard InChI is InChI=1S/C10H20N4.C9H19NO.C8H14O2.C2H7N.C2H6/c1-3-12-6-7-14-9-4-5-13-8-10(9)11-2;1-4-9(3)8-10(5-2)6-7-11;1-3-4-5-6-10-8(2)7-9;1-3-2;1-2/h4,8,11-14H,3,5-7H2,1-2H3;4,9,11H,1,5-8H2,2-3H3;4-5,7-8H,3,6H2,1-2H3;3H,1-2H3;1-2H3/b;;5-4+;;. The zero-order chi connectivity index (χ0) is 31.4. The van der Waals surface area contributed by atoms with Gasteiger partial charge in [0, 0.05) is 46.0 Å². The molecule has 0 bridgehead atoms. The van der Waals surface area contributed by atoms with Crippen LogP contribution in [0.1, 0.15) is 54.9 Å². The smallest absolute Gasteiger partial charge is 0.148 e. The summed E-state index contributed by atoms with van der Waals surface area (Å²) in [4.78, 5) is 12.2. The summed E-state index contributed by atoms with van der Waals surface area (Å²) in [6, 6.07) is 0. The first-order valence-electron chi connectivity index (χ1n) is 14.9. The number of likely N-dealkylation sites (N-methyl/N-ethyl adjacent to an activating group) is 3. The minimum absolute atomic E-state index is 0.248. The lowest BCUT2D eigenvalue weighted by Crippen LogP contribution is -2.32. The number of allylic oxidation sites excluding steroid dienone is 1. The van der Waals surface area contributed by atoms with Crippen molar-refractivity contribution in [1.82, 2.24) is 31.5 Å². The molecule has 9 heteroatoms. The summed E-state index contributed by atoms with van der Waals surface area (Å²) in [5.74, 6) is 0.515. The number of aliphatic hydroxyl groups excluding tert-OH is 1. The van der Waals surface area contributed by atoms with Gasteiger partial charge in [0.2, 0.25) is 0 Å². The highest BCUT2D eigenvalue weighted by atomic mass is 16.5. The van der Waals surface area contributed by atoms with E-state index in [2.05, 4.69) is 71.8 Å². The van der Waals surface area contributed by atoms with E-state index in [4.69, 9.17) is 9.84 Å². The van der Waals surface area contributed by atoms with Crippen molar-refractivity contribution in [2.45, 2.75) is 61.0 Å². The molecule has 0 aromatic carbocycles. The molecular weight excluding hydrogens is 504 g/mol. The number of nitrogens with zero attached hydrogens (tertiary/aromatic N) is 1. The maximum Gasteiger partial charge on any atom is 0.148 e. The fourth-order valence-corrected chi connectivity index (χ4v) is 2.83. The van der Waals surface area contributed by atoms with Crippen LogP contribution in [0.5, 0.6) is 0 Å². The normalized spacial score (nSPS) is 13.1. The van der Waals surface area contributed by atoms with Crippen molar-refractivity contribution in [3.05, 3.63) is 48.5 Å². The van der Waals surface area contributed by atoms with E-state index in [1.165, 1.54) is 5.70 Å². The third-order valence-electron chi connectivity index (χ3n) is 4.96. The van der Waals surface area contributed by atoms with Crippen LogP contribution in [0, 0.1) is 5.92 Å². The van der Waals surface area contributed by atoms with Crippen LogP contribution < -0.4 is 26.6 Å². The first-order valence-corrected chi connectivity index (χ1v) is 14.9. The summed E-state index contributed by atoms with van der Waals surface area (Å²) < 4.78 is 5.04. The molecule has 1 aliphatic heterocycles. The molecule has 0 saturated heterocycles. The summed E-state index contributed by atoms with van der Waals surface area (Å²) in [5.41, 5.74) is 2.30. The summed E-state index contributed by atoms with van der Waals surface area (Å²) in [7, 11) is 5.68. The molecule has 1 heterocycles. The van der Waals surface area contributed by atoms with E-state index in [1.54, 1.807) is 6.92 Å². The van der Waals surface area contributed by atoms with Crippen molar-refractivity contribution in [1.29, 1.82) is 0 Å². The van der Waals surface area contributed by atoms with E-state index in [1.807, 2.05) is 59.4 Å². The number of nitrogens with one attached hydrogen (secondary N) is 5. The number of dihydropyridines is 1. The maximum absolute atomic E-state index is 10.0. The van der Waals surface area contributed by atoms with Crippen molar-refractivity contribution in [3.8, 4) is 0 Å². The van der Waals surface area contributed by atoms with Gasteiger partial charge in [0.1, 0.15) is 12.4 Å². The summed E-state index contributed by atoms with van der Waals surface area (Å²) >= 11 is 0. The van der Waals surface area contributed by atoms with E-state index in [0.29, 0.717) is 12.5 Å². The topological polar surface area (TPSA) is 110 Å². The molecule has 40 heavy (non-hydrogen) atoms. The maximum atomic E-state index is 10.0. The van der Waals surface area contributed by atoms with Crippen molar-refractivity contribution in [2.75, 3.05) is 80.2 Å². The van der Waals surface area contributed by atoms with E-state index in [0.717, 1.165) is 64.2 Å². The molecule has 0 spiro atoms. The van der Waals surface area contributed by atoms with Crippen molar-refractivity contribution in [3.63, 3.8) is 0 Å². The molecule has 6 N–H and O–H groups in total. The van der Waals surface area contributed by atoms with Gasteiger partial charge in [-0.05, 0) is 52.5 Å². The van der Waals surface area contributed by atoms with Gasteiger partial charge in [0.25, 0.3) is 0 Å². The predicted molar refractivity (Wildman–Crippen MR) is 176 cm³/mol. The molecule has 0 aromatic heterocycles. The Morgan fingerprint density at radius 3 is 2.25 bits per heavy atom. The van der Waals surface area contributed by atoms with E-state index in [-0.39, 0.29) is 12.7 Å². The average molecular weight is 571 g/mol. The lowest BCUT2D eigenvalue weighted by molar-refractivity contribution is -0.116. The molecule has 9 nitrogen and oxygen atoms in total. The Morgan fingerprint density at radius 1 is 1.12 bits per heavy atom. The molecule has 0 fully saturated rings. The highest BCUT2D eigenvalue weighted by Gasteiger charge is 2.05. The van der Waals surface area contributed by atoms with Crippen LogP contribution in [0.3, 0.4) is 0 Å². The molecule has 0 amide bonds. The monoisotopic (exact) mass is 571 g/mol. The third kappa shape index (κ3) is 33.9. The summed E-state index contributed by atoms with van der Waals surface area (Å²) in [6.07, 6.45) is 11.5. The molecule has 0 saturated carbocycles. The van der Waals surface area contributed by atoms with E-state index < -0.39 is 0 Å². The number of hydrogen-bond acceptors (Lipinski definition) is 9. The number of ether oxygens (including phenoxy) is 1. The number of aliphatic hydroxyl groups is 1. The molecule has 0 aliphatic carbocycles. The Hall–Kier alpha value is -2.17. The van der Waals surface area contributed by atoms with Crippen LogP contribution in [0.2, 0.25) is 0 Å². The van der Waals surface area contributed by atoms with Crippen LogP contribution >= 0.6 is 0 Å². The van der Waals surface area contributed by atoms with Gasteiger partial charge in [-0.3, -0.25) is 0 Å². The van der Waals surface area contributed by atoms with E-state index >= 15 is 0 Å². The molecule has 0 aromatic rings. The second kappa shape index (κ2) is 39.0. The Bertz CT molecular complexity index is 612. The van der Waals surface area contributed by atoms with Gasteiger partial charge >= 0.3 is 0 Å². The largest absolute Gasteiger partial charge is 0.395 e. The van der Waals surface area contributed by atoms with Gasteiger partial charge in [-0.1, -0.05) is 59.8 Å². The molecule has 0 radical (unpaired) electrons. The lowest BCUT2D eigenvalue weighted by atomic mass is 10.1. The minimum Gasteiger partial charge on any atom is -0.395 e. The second-order valence-corrected chi connectivity index (χ2v) is 8.50. The number of carbonyl (C=O) groups is 1. The number of carbonyl (C=O) groups excluding carboxylic acids is 1. The summed E-state index contributed by atoms with van der Waals surface area (Å²) in [5, 5.41) is 24.4. The van der Waals surface area contributed by atoms with Gasteiger partial charge in [-0.2, -0.15) is 0 Å². The zero-order valence-electron chi connectivity index (χ0n) is 27.6. The molecule has 2 atom stereocenters. The zero-order valence-corrected chi connectivity index (χ0v) is 27.6. The number of aldehydes is 1. The first-order chi connectivity index (χ1) is 19.3. The van der Waals surface area contributed by atoms with Crippen molar-refractivity contribution >= 4 is 6.29 Å². The first kappa shape index (κ1) is 44.8. The highest BCUT2D eigenvalue weighted by Crippen LogP contribution is 2.04. The van der Waals surface area contributed by atoms with Crippen LogP contribution in [0.4, 0.5) is 0 Å². The number of rotatable bonds is 17. The molecule has 238 valence electrons. The quantitative estimate of drug-likeness (QED) is 0.0892. The number of hydrogen-bond donors (Lipinski definition) is 6. The average Bonchev–Trinajstić information content (AvgIpc) is 2.99. The summed E-state index contributed by atoms with van der Waals surface area (Å²) in [6.45, 7) is 25.3. The van der Waals surface area contributed by atoms with Gasteiger partial charge in [-0.15, -0.1) is 6.58 Å². The van der Waals surface area contributed by atoms with Gasteiger partial charge in [0.05, 0.1) is 24.6 Å². The minimum atomic E-state index is -0.276. The van der Waals surface area contributed by atoms with Crippen LogP contribution in [0.15, 0.2) is 48.5 Å². The van der Waals surface area contributed by atoms with Crippen molar-refractivity contribution in [2.24, 2.45) is 5.92 Å². The van der Waals surface area contributed by atoms with Crippen molar-refractivity contribution < 1.29 is 14.6 Å². The molecule has 1 aliphatic rings. The fourth-order valence-electron chi connectivity index (χ4n) is 2.83. The molecule has 1 rings (SSSR count). The van der Waals surface area contributed by atoms with Crippen LogP contribution in [-0.4, -0.2) is 103 Å². The highest BCUT2D eigenvalue weighted by molar-refractivity contribution is 5.55. The fraction of sp³-hybridized carbons (Fsp3) is 0.710. The Kier molecular flexibility index (Phi) is 43.7. The van der Waals surface area contributed by atoms with E-state index in [9.17, 15) is 4.79 Å². The third-order valence-corrected chi connectivity index (χ3v) is 4.96. The van der Waals surface area contributed by atoms with Gasteiger partial charge < -0.3 is 46.1 Å². The SMILES string of the molecule is C=CC(C)CN(CC)CCO.CC.CC/C=C/COC(C)C=O.CCNCCNC1=CCNC=C1NC.CNC. The van der Waals surface area contributed by atoms with Gasteiger partial charge in [-0.25, -0.2) is 0 Å². The Labute approximate surface area is 248 Å². The molecule has 2 unspecified atom stereocenters. The predicted octanol–water partition coefficient (Wildman–Crippen LogP) is 3.27.